The summed E-state index contributed by atoms with van der Waals surface area (Å²) in [4.78, 5) is 23.9. The molecule has 1 heterocycles. The van der Waals surface area contributed by atoms with Crippen LogP contribution >= 0.6 is 15.9 Å². The second kappa shape index (κ2) is 4.75. The monoisotopic (exact) mass is 299 g/mol. The van der Waals surface area contributed by atoms with Gasteiger partial charge >= 0.3 is 12.1 Å². The molecule has 0 bridgehead atoms. The predicted octanol–water partition coefficient (Wildman–Crippen LogP) is 2.49. The highest BCUT2D eigenvalue weighted by Gasteiger charge is 2.22. The van der Waals surface area contributed by atoms with E-state index in [0.29, 0.717) is 23.3 Å². The Balaban J connectivity index is 2.35. The largest absolute Gasteiger partial charge is 0.478 e. The number of carboxylic acids is 1. The van der Waals surface area contributed by atoms with Crippen molar-refractivity contribution in [1.29, 1.82) is 0 Å². The van der Waals surface area contributed by atoms with Crippen LogP contribution in [0, 0.1) is 0 Å². The van der Waals surface area contributed by atoms with Gasteiger partial charge in [-0.25, -0.2) is 9.59 Å². The van der Waals surface area contributed by atoms with Gasteiger partial charge in [-0.1, -0.05) is 0 Å². The number of hydrogen-bond donors (Lipinski definition) is 1. The molecule has 1 saturated heterocycles. The van der Waals surface area contributed by atoms with Crippen LogP contribution in [0.2, 0.25) is 0 Å². The fourth-order valence-corrected chi connectivity index (χ4v) is 2.05. The summed E-state index contributed by atoms with van der Waals surface area (Å²) in [6.07, 6.45) is 0.305. The molecule has 2 rings (SSSR count). The van der Waals surface area contributed by atoms with Crippen molar-refractivity contribution in [2.75, 3.05) is 18.1 Å². The van der Waals surface area contributed by atoms with Gasteiger partial charge in [-0.05, 0) is 40.5 Å². The summed E-state index contributed by atoms with van der Waals surface area (Å²) in [7, 11) is 0. The summed E-state index contributed by atoms with van der Waals surface area (Å²) in [6.45, 7) is 0.956. The molecule has 0 unspecified atom stereocenters. The van der Waals surface area contributed by atoms with Crippen LogP contribution in [0.1, 0.15) is 16.8 Å². The van der Waals surface area contributed by atoms with Crippen LogP contribution in [0.5, 0.6) is 0 Å². The highest BCUT2D eigenvalue weighted by molar-refractivity contribution is 9.10. The standard InChI is InChI=1S/C11H10BrNO4/c12-9-3-2-7(6-8(9)10(14)15)13-4-1-5-17-11(13)16/h2-3,6H,1,4-5H2,(H,14,15). The van der Waals surface area contributed by atoms with Crippen LogP contribution in [-0.4, -0.2) is 30.3 Å². The quantitative estimate of drug-likeness (QED) is 0.911. The van der Waals surface area contributed by atoms with Gasteiger partial charge in [0.05, 0.1) is 12.2 Å². The molecule has 0 spiro atoms. The number of rotatable bonds is 2. The van der Waals surface area contributed by atoms with Crippen LogP contribution in [0.3, 0.4) is 0 Å². The normalized spacial score (nSPS) is 15.6. The summed E-state index contributed by atoms with van der Waals surface area (Å²) >= 11 is 3.15. The average molecular weight is 300 g/mol. The Morgan fingerprint density at radius 3 is 2.88 bits per heavy atom. The number of halogens is 1. The first-order chi connectivity index (χ1) is 8.09. The summed E-state index contributed by atoms with van der Waals surface area (Å²) in [6, 6.07) is 4.75. The molecule has 1 aliphatic heterocycles. The van der Waals surface area contributed by atoms with E-state index in [0.717, 1.165) is 6.42 Å². The molecule has 1 N–H and O–H groups in total. The number of ether oxygens (including phenoxy) is 1. The lowest BCUT2D eigenvalue weighted by Crippen LogP contribution is -2.37. The van der Waals surface area contributed by atoms with Crippen LogP contribution in [0.4, 0.5) is 10.5 Å². The van der Waals surface area contributed by atoms with E-state index in [1.54, 1.807) is 12.1 Å². The first-order valence-corrected chi connectivity index (χ1v) is 5.86. The molecular weight excluding hydrogens is 290 g/mol. The molecule has 0 radical (unpaired) electrons. The minimum absolute atomic E-state index is 0.126. The molecule has 1 aliphatic rings. The molecule has 0 saturated carbocycles. The highest BCUT2D eigenvalue weighted by atomic mass is 79.9. The minimum atomic E-state index is -1.04. The molecule has 1 amide bonds. The Kier molecular flexibility index (Phi) is 3.33. The molecule has 0 aromatic heterocycles. The van der Waals surface area contributed by atoms with Crippen LogP contribution in [0.25, 0.3) is 0 Å². The van der Waals surface area contributed by atoms with Crippen molar-refractivity contribution in [1.82, 2.24) is 0 Å². The third-order valence-electron chi connectivity index (χ3n) is 2.46. The van der Waals surface area contributed by atoms with Crippen molar-refractivity contribution in [2.24, 2.45) is 0 Å². The zero-order valence-electron chi connectivity index (χ0n) is 8.85. The lowest BCUT2D eigenvalue weighted by atomic mass is 10.2. The molecule has 0 aliphatic carbocycles. The van der Waals surface area contributed by atoms with Crippen molar-refractivity contribution in [3.05, 3.63) is 28.2 Å². The van der Waals surface area contributed by atoms with E-state index < -0.39 is 12.1 Å². The Labute approximate surface area is 106 Å². The van der Waals surface area contributed by atoms with E-state index in [2.05, 4.69) is 15.9 Å². The second-order valence-corrected chi connectivity index (χ2v) is 4.44. The number of carbonyl (C=O) groups is 2. The predicted molar refractivity (Wildman–Crippen MR) is 64.4 cm³/mol. The van der Waals surface area contributed by atoms with E-state index in [4.69, 9.17) is 9.84 Å². The zero-order valence-corrected chi connectivity index (χ0v) is 10.4. The van der Waals surface area contributed by atoms with Crippen molar-refractivity contribution in [3.63, 3.8) is 0 Å². The first kappa shape index (κ1) is 11.9. The van der Waals surface area contributed by atoms with E-state index in [-0.39, 0.29) is 5.56 Å². The molecule has 0 atom stereocenters. The molecular formula is C11H10BrNO4. The minimum Gasteiger partial charge on any atom is -0.478 e. The summed E-state index contributed by atoms with van der Waals surface area (Å²) < 4.78 is 5.39. The Morgan fingerprint density at radius 1 is 1.47 bits per heavy atom. The van der Waals surface area contributed by atoms with Gasteiger partial charge in [0.1, 0.15) is 0 Å². The molecule has 6 heteroatoms. The fourth-order valence-electron chi connectivity index (χ4n) is 1.63. The summed E-state index contributed by atoms with van der Waals surface area (Å²) in [5, 5.41) is 8.99. The second-order valence-electron chi connectivity index (χ2n) is 3.59. The summed E-state index contributed by atoms with van der Waals surface area (Å²) in [5.74, 6) is -1.04. The number of nitrogens with zero attached hydrogens (tertiary/aromatic N) is 1. The number of amides is 1. The number of carbonyl (C=O) groups excluding carboxylic acids is 1. The van der Waals surface area contributed by atoms with Gasteiger partial charge in [-0.3, -0.25) is 4.90 Å². The Bertz CT molecular complexity index is 475. The van der Waals surface area contributed by atoms with E-state index in [1.165, 1.54) is 11.0 Å². The maximum Gasteiger partial charge on any atom is 0.414 e. The third kappa shape index (κ3) is 2.41. The van der Waals surface area contributed by atoms with Gasteiger partial charge in [0.15, 0.2) is 0 Å². The average Bonchev–Trinajstić information content (AvgIpc) is 2.30. The zero-order chi connectivity index (χ0) is 12.4. The molecule has 1 fully saturated rings. The number of cyclic esters (lactones) is 1. The van der Waals surface area contributed by atoms with Crippen molar-refractivity contribution in [3.8, 4) is 0 Å². The number of benzene rings is 1. The maximum atomic E-state index is 11.5. The third-order valence-corrected chi connectivity index (χ3v) is 3.16. The molecule has 17 heavy (non-hydrogen) atoms. The fraction of sp³-hybridized carbons (Fsp3) is 0.273. The van der Waals surface area contributed by atoms with Gasteiger partial charge in [0.25, 0.3) is 0 Å². The summed E-state index contributed by atoms with van der Waals surface area (Å²) in [5.41, 5.74) is 0.663. The van der Waals surface area contributed by atoms with Gasteiger partial charge in [0, 0.05) is 16.7 Å². The molecule has 1 aromatic rings. The van der Waals surface area contributed by atoms with Gasteiger partial charge in [-0.2, -0.15) is 0 Å². The van der Waals surface area contributed by atoms with Crippen LogP contribution in [0.15, 0.2) is 22.7 Å². The Morgan fingerprint density at radius 2 is 2.24 bits per heavy atom. The molecule has 90 valence electrons. The van der Waals surface area contributed by atoms with E-state index in [9.17, 15) is 9.59 Å². The smallest absolute Gasteiger partial charge is 0.414 e. The van der Waals surface area contributed by atoms with Crippen LogP contribution < -0.4 is 4.90 Å². The number of hydrogen-bond acceptors (Lipinski definition) is 3. The lowest BCUT2D eigenvalue weighted by Gasteiger charge is -2.26. The van der Waals surface area contributed by atoms with Crippen molar-refractivity contribution >= 4 is 33.7 Å². The van der Waals surface area contributed by atoms with Crippen molar-refractivity contribution in [2.45, 2.75) is 6.42 Å². The Hall–Kier alpha value is -1.56. The van der Waals surface area contributed by atoms with E-state index >= 15 is 0 Å². The van der Waals surface area contributed by atoms with Gasteiger partial charge < -0.3 is 9.84 Å². The van der Waals surface area contributed by atoms with Gasteiger partial charge in [0.2, 0.25) is 0 Å². The number of anilines is 1. The van der Waals surface area contributed by atoms with Crippen LogP contribution in [-0.2, 0) is 4.74 Å². The molecule has 5 nitrogen and oxygen atoms in total. The SMILES string of the molecule is O=C(O)c1cc(N2CCCOC2=O)ccc1Br. The topological polar surface area (TPSA) is 66.8 Å². The number of carboxylic acid groups (broad SMARTS) is 1. The van der Waals surface area contributed by atoms with Gasteiger partial charge in [-0.15, -0.1) is 0 Å². The van der Waals surface area contributed by atoms with Crippen molar-refractivity contribution < 1.29 is 19.4 Å². The number of aromatic carboxylic acids is 1. The molecule has 1 aromatic carbocycles. The first-order valence-electron chi connectivity index (χ1n) is 5.07. The highest BCUT2D eigenvalue weighted by Crippen LogP contribution is 2.25. The lowest BCUT2D eigenvalue weighted by molar-refractivity contribution is 0.0695. The maximum absolute atomic E-state index is 11.5. The van der Waals surface area contributed by atoms with E-state index in [1.807, 2.05) is 0 Å².